The van der Waals surface area contributed by atoms with Crippen LogP contribution in [0.2, 0.25) is 10.6 Å². The van der Waals surface area contributed by atoms with Gasteiger partial charge in [-0.2, -0.15) is 0 Å². The molecule has 1 fully saturated rings. The summed E-state index contributed by atoms with van der Waals surface area (Å²) in [5.41, 5.74) is 0. The standard InChI is InChI=1S/C11H15Se/c1-10-7-8-12(9-10)11-5-3-2-4-6-11/h2-6,10H,7-9H2,1H3/q+1. The van der Waals surface area contributed by atoms with Gasteiger partial charge in [-0.3, -0.25) is 0 Å². The van der Waals surface area contributed by atoms with Gasteiger partial charge in [0, 0.05) is 0 Å². The minimum atomic E-state index is -0.363. The Morgan fingerprint density at radius 1 is 1.25 bits per heavy atom. The number of hydrogen-bond donors (Lipinski definition) is 0. The van der Waals surface area contributed by atoms with E-state index >= 15 is 0 Å². The summed E-state index contributed by atoms with van der Waals surface area (Å²) in [6.07, 6.45) is 1.47. The van der Waals surface area contributed by atoms with Gasteiger partial charge in [0.15, 0.2) is 0 Å². The molecule has 0 spiro atoms. The number of benzene rings is 1. The van der Waals surface area contributed by atoms with Gasteiger partial charge in [0.05, 0.1) is 0 Å². The van der Waals surface area contributed by atoms with Crippen molar-refractivity contribution in [3.63, 3.8) is 0 Å². The van der Waals surface area contributed by atoms with Crippen molar-refractivity contribution in [2.75, 3.05) is 0 Å². The molecule has 1 aromatic rings. The van der Waals surface area contributed by atoms with E-state index in [1.165, 1.54) is 17.1 Å². The van der Waals surface area contributed by atoms with Crippen molar-refractivity contribution in [1.29, 1.82) is 0 Å². The van der Waals surface area contributed by atoms with Crippen molar-refractivity contribution in [1.82, 2.24) is 0 Å². The molecule has 0 saturated carbocycles. The fraction of sp³-hybridized carbons (Fsp3) is 0.455. The van der Waals surface area contributed by atoms with Crippen molar-refractivity contribution < 1.29 is 0 Å². The summed E-state index contributed by atoms with van der Waals surface area (Å²) < 4.78 is 1.67. The summed E-state index contributed by atoms with van der Waals surface area (Å²) in [5.74, 6) is 0.996. The molecule has 1 heterocycles. The van der Waals surface area contributed by atoms with E-state index in [-0.39, 0.29) is 13.9 Å². The molecule has 0 amide bonds. The molecule has 1 aliphatic rings. The first-order valence-electron chi connectivity index (χ1n) is 4.59. The SMILES string of the molecule is CC1CC[Se+](c2ccccc2)C1. The Kier molecular flexibility index (Phi) is 2.53. The Morgan fingerprint density at radius 2 is 2.00 bits per heavy atom. The van der Waals surface area contributed by atoms with E-state index in [1.54, 1.807) is 4.46 Å². The molecule has 2 rings (SSSR count). The summed E-state index contributed by atoms with van der Waals surface area (Å²) in [4.78, 5) is 0. The van der Waals surface area contributed by atoms with Crippen LogP contribution < -0.4 is 4.46 Å². The van der Waals surface area contributed by atoms with E-state index in [0.29, 0.717) is 0 Å². The van der Waals surface area contributed by atoms with Crippen LogP contribution in [0.5, 0.6) is 0 Å². The van der Waals surface area contributed by atoms with Gasteiger partial charge in [0.1, 0.15) is 0 Å². The zero-order chi connectivity index (χ0) is 8.39. The van der Waals surface area contributed by atoms with Crippen molar-refractivity contribution in [3.05, 3.63) is 30.3 Å². The predicted molar refractivity (Wildman–Crippen MR) is 55.2 cm³/mol. The molecule has 0 bridgehead atoms. The number of hydrogen-bond acceptors (Lipinski definition) is 0. The summed E-state index contributed by atoms with van der Waals surface area (Å²) in [5, 5.41) is 3.04. The molecule has 1 aliphatic heterocycles. The molecule has 0 aromatic heterocycles. The topological polar surface area (TPSA) is 0 Å². The first-order chi connectivity index (χ1) is 5.86. The van der Waals surface area contributed by atoms with Crippen LogP contribution in [0.25, 0.3) is 0 Å². The van der Waals surface area contributed by atoms with Crippen LogP contribution >= 0.6 is 0 Å². The van der Waals surface area contributed by atoms with Gasteiger partial charge in [-0.25, -0.2) is 0 Å². The molecule has 0 radical (unpaired) electrons. The summed E-state index contributed by atoms with van der Waals surface area (Å²) in [7, 11) is 0. The first-order valence-corrected chi connectivity index (χ1v) is 7.87. The fourth-order valence-corrected chi connectivity index (χ4v) is 7.30. The maximum atomic E-state index is 2.40. The Balaban J connectivity index is 2.11. The third kappa shape index (κ3) is 1.73. The maximum absolute atomic E-state index is 2.40. The molecule has 0 nitrogen and oxygen atoms in total. The van der Waals surface area contributed by atoms with Crippen LogP contribution in [-0.4, -0.2) is 13.9 Å². The van der Waals surface area contributed by atoms with E-state index in [1.807, 2.05) is 0 Å². The molecular weight excluding hydrogens is 211 g/mol. The molecule has 0 N–H and O–H groups in total. The van der Waals surface area contributed by atoms with E-state index in [0.717, 1.165) is 5.92 Å². The van der Waals surface area contributed by atoms with Gasteiger partial charge in [-0.1, -0.05) is 0 Å². The fourth-order valence-electron chi connectivity index (χ4n) is 1.68. The summed E-state index contributed by atoms with van der Waals surface area (Å²) in [6, 6.07) is 11.1. The van der Waals surface area contributed by atoms with Crippen LogP contribution in [0.4, 0.5) is 0 Å². The summed E-state index contributed by atoms with van der Waals surface area (Å²) in [6.45, 7) is 2.40. The van der Waals surface area contributed by atoms with E-state index in [9.17, 15) is 0 Å². The number of rotatable bonds is 1. The normalized spacial score (nSPS) is 29.1. The molecule has 1 saturated heterocycles. The van der Waals surface area contributed by atoms with E-state index in [2.05, 4.69) is 37.3 Å². The predicted octanol–water partition coefficient (Wildman–Crippen LogP) is 2.43. The molecule has 0 aliphatic carbocycles. The van der Waals surface area contributed by atoms with Gasteiger partial charge in [-0.15, -0.1) is 0 Å². The molecule has 64 valence electrons. The molecule has 12 heavy (non-hydrogen) atoms. The van der Waals surface area contributed by atoms with Crippen LogP contribution in [0, 0.1) is 5.92 Å². The monoisotopic (exact) mass is 227 g/mol. The van der Waals surface area contributed by atoms with Gasteiger partial charge < -0.3 is 0 Å². The Morgan fingerprint density at radius 3 is 2.58 bits per heavy atom. The van der Waals surface area contributed by atoms with Gasteiger partial charge in [0.2, 0.25) is 0 Å². The van der Waals surface area contributed by atoms with Gasteiger partial charge >= 0.3 is 78.6 Å². The molecule has 1 aromatic carbocycles. The van der Waals surface area contributed by atoms with E-state index in [4.69, 9.17) is 0 Å². The Labute approximate surface area is 78.9 Å². The van der Waals surface area contributed by atoms with Crippen molar-refractivity contribution in [2.24, 2.45) is 5.92 Å². The Bertz CT molecular complexity index is 242. The first kappa shape index (κ1) is 8.34. The summed E-state index contributed by atoms with van der Waals surface area (Å²) >= 11 is -0.363. The van der Waals surface area contributed by atoms with Crippen LogP contribution in [0.1, 0.15) is 13.3 Å². The quantitative estimate of drug-likeness (QED) is 0.645. The van der Waals surface area contributed by atoms with Gasteiger partial charge in [-0.05, 0) is 0 Å². The van der Waals surface area contributed by atoms with Crippen molar-refractivity contribution >= 4 is 18.4 Å². The second kappa shape index (κ2) is 3.64. The second-order valence-corrected chi connectivity index (χ2v) is 8.18. The zero-order valence-corrected chi connectivity index (χ0v) is 9.21. The van der Waals surface area contributed by atoms with E-state index < -0.39 is 0 Å². The average molecular weight is 226 g/mol. The Hall–Kier alpha value is -0.261. The molecular formula is C11H15Se+. The third-order valence-electron chi connectivity index (χ3n) is 2.42. The zero-order valence-electron chi connectivity index (χ0n) is 7.49. The van der Waals surface area contributed by atoms with Crippen molar-refractivity contribution in [2.45, 2.75) is 24.0 Å². The van der Waals surface area contributed by atoms with Crippen LogP contribution in [-0.2, 0) is 0 Å². The van der Waals surface area contributed by atoms with Crippen LogP contribution in [0.15, 0.2) is 30.3 Å². The third-order valence-corrected chi connectivity index (χ3v) is 7.96. The molecule has 2 atom stereocenters. The van der Waals surface area contributed by atoms with Crippen LogP contribution in [0.3, 0.4) is 0 Å². The molecule has 1 heteroatoms. The van der Waals surface area contributed by atoms with Crippen molar-refractivity contribution in [3.8, 4) is 0 Å². The second-order valence-electron chi connectivity index (χ2n) is 3.57. The van der Waals surface area contributed by atoms with Gasteiger partial charge in [0.25, 0.3) is 0 Å². The minimum absolute atomic E-state index is 0.363. The molecule has 2 unspecified atom stereocenters. The average Bonchev–Trinajstić information content (AvgIpc) is 2.54.